The zero-order valence-electron chi connectivity index (χ0n) is 12.2. The Bertz CT molecular complexity index is 478. The van der Waals surface area contributed by atoms with E-state index in [-0.39, 0.29) is 35.9 Å². The largest absolute Gasteiger partial charge is 0.508 e. The molecule has 1 aromatic carbocycles. The van der Waals surface area contributed by atoms with Gasteiger partial charge in [0, 0.05) is 18.5 Å². The van der Waals surface area contributed by atoms with Gasteiger partial charge in [0.05, 0.1) is 6.42 Å². The van der Waals surface area contributed by atoms with E-state index in [4.69, 9.17) is 0 Å². The lowest BCUT2D eigenvalue weighted by atomic mass is 10.1. The molecule has 2 amide bonds. The Kier molecular flexibility index (Phi) is 5.55. The molecule has 0 aliphatic rings. The molecule has 0 spiro atoms. The molecule has 110 valence electrons. The standard InChI is InChI=1S/C15H22N2O3/c1-15(2,3)17-13(19)7-8-16-14(20)10-11-5-4-6-12(18)9-11/h4-6,9,18H,7-8,10H2,1-3H3,(H,16,20)(H,17,19). The number of phenolic OH excluding ortho intramolecular Hbond substituents is 1. The summed E-state index contributed by atoms with van der Waals surface area (Å²) in [6, 6.07) is 6.56. The molecule has 5 nitrogen and oxygen atoms in total. The number of aromatic hydroxyl groups is 1. The highest BCUT2D eigenvalue weighted by atomic mass is 16.3. The molecule has 5 heteroatoms. The average Bonchev–Trinajstić information content (AvgIpc) is 2.26. The third-order valence-electron chi connectivity index (χ3n) is 2.46. The van der Waals surface area contributed by atoms with Crippen molar-refractivity contribution >= 4 is 11.8 Å². The third kappa shape index (κ3) is 6.78. The summed E-state index contributed by atoms with van der Waals surface area (Å²) in [4.78, 5) is 23.2. The lowest BCUT2D eigenvalue weighted by molar-refractivity contribution is -0.123. The van der Waals surface area contributed by atoms with Gasteiger partial charge in [0.2, 0.25) is 11.8 Å². The van der Waals surface area contributed by atoms with E-state index in [9.17, 15) is 14.7 Å². The van der Waals surface area contributed by atoms with Gasteiger partial charge in [-0.25, -0.2) is 0 Å². The van der Waals surface area contributed by atoms with Crippen molar-refractivity contribution in [2.45, 2.75) is 39.2 Å². The molecule has 0 saturated carbocycles. The van der Waals surface area contributed by atoms with Crippen molar-refractivity contribution in [3.8, 4) is 5.75 Å². The van der Waals surface area contributed by atoms with E-state index >= 15 is 0 Å². The molecule has 0 unspecified atom stereocenters. The Morgan fingerprint density at radius 1 is 1.20 bits per heavy atom. The molecule has 0 radical (unpaired) electrons. The Morgan fingerprint density at radius 3 is 2.50 bits per heavy atom. The highest BCUT2D eigenvalue weighted by Gasteiger charge is 2.13. The minimum atomic E-state index is -0.261. The zero-order valence-corrected chi connectivity index (χ0v) is 12.2. The Labute approximate surface area is 119 Å². The fourth-order valence-electron chi connectivity index (χ4n) is 1.71. The van der Waals surface area contributed by atoms with E-state index < -0.39 is 0 Å². The van der Waals surface area contributed by atoms with Crippen LogP contribution in [0, 0.1) is 0 Å². The smallest absolute Gasteiger partial charge is 0.224 e. The molecule has 0 fully saturated rings. The van der Waals surface area contributed by atoms with Crippen LogP contribution in [0.2, 0.25) is 0 Å². The second-order valence-corrected chi connectivity index (χ2v) is 5.74. The first kappa shape index (κ1) is 16.0. The first-order chi connectivity index (χ1) is 9.26. The van der Waals surface area contributed by atoms with E-state index in [1.807, 2.05) is 20.8 Å². The van der Waals surface area contributed by atoms with Gasteiger partial charge in [0.25, 0.3) is 0 Å². The SMILES string of the molecule is CC(C)(C)NC(=O)CCNC(=O)Cc1cccc(O)c1. The van der Waals surface area contributed by atoms with Gasteiger partial charge in [-0.2, -0.15) is 0 Å². The number of hydrogen-bond acceptors (Lipinski definition) is 3. The van der Waals surface area contributed by atoms with Crippen LogP contribution in [-0.2, 0) is 16.0 Å². The summed E-state index contributed by atoms with van der Waals surface area (Å²) in [6.45, 7) is 6.03. The quantitative estimate of drug-likeness (QED) is 0.761. The molecule has 0 aromatic heterocycles. The molecule has 1 aromatic rings. The predicted octanol–water partition coefficient (Wildman–Crippen LogP) is 1.36. The molecular formula is C15H22N2O3. The van der Waals surface area contributed by atoms with Crippen LogP contribution in [0.1, 0.15) is 32.8 Å². The molecule has 0 aliphatic carbocycles. The number of phenols is 1. The van der Waals surface area contributed by atoms with Gasteiger partial charge in [0.1, 0.15) is 5.75 Å². The van der Waals surface area contributed by atoms with Crippen LogP contribution in [-0.4, -0.2) is 29.0 Å². The molecule has 0 aliphatic heterocycles. The fraction of sp³-hybridized carbons (Fsp3) is 0.467. The van der Waals surface area contributed by atoms with Crippen molar-refractivity contribution in [3.63, 3.8) is 0 Å². The van der Waals surface area contributed by atoms with Crippen LogP contribution >= 0.6 is 0 Å². The first-order valence-corrected chi connectivity index (χ1v) is 6.62. The zero-order chi connectivity index (χ0) is 15.2. The number of hydrogen-bond donors (Lipinski definition) is 3. The summed E-state index contributed by atoms with van der Waals surface area (Å²) < 4.78 is 0. The van der Waals surface area contributed by atoms with Gasteiger partial charge in [0.15, 0.2) is 0 Å². The minimum absolute atomic E-state index is 0.0878. The summed E-state index contributed by atoms with van der Waals surface area (Å²) in [5.41, 5.74) is 0.476. The van der Waals surface area contributed by atoms with E-state index in [0.29, 0.717) is 6.54 Å². The van der Waals surface area contributed by atoms with E-state index in [0.717, 1.165) is 5.56 Å². The van der Waals surface area contributed by atoms with Crippen molar-refractivity contribution < 1.29 is 14.7 Å². The van der Waals surface area contributed by atoms with Crippen LogP contribution in [0.3, 0.4) is 0 Å². The van der Waals surface area contributed by atoms with E-state index in [2.05, 4.69) is 10.6 Å². The predicted molar refractivity (Wildman–Crippen MR) is 77.3 cm³/mol. The summed E-state index contributed by atoms with van der Waals surface area (Å²) in [6.07, 6.45) is 0.443. The van der Waals surface area contributed by atoms with Gasteiger partial charge in [-0.05, 0) is 38.5 Å². The number of nitrogens with one attached hydrogen (secondary N) is 2. The lowest BCUT2D eigenvalue weighted by Gasteiger charge is -2.20. The number of rotatable bonds is 5. The fourth-order valence-corrected chi connectivity index (χ4v) is 1.71. The summed E-state index contributed by atoms with van der Waals surface area (Å²) in [5.74, 6) is -0.117. The van der Waals surface area contributed by atoms with Crippen molar-refractivity contribution in [1.29, 1.82) is 0 Å². The van der Waals surface area contributed by atoms with Crippen molar-refractivity contribution in [2.75, 3.05) is 6.54 Å². The minimum Gasteiger partial charge on any atom is -0.508 e. The highest BCUT2D eigenvalue weighted by molar-refractivity contribution is 5.80. The summed E-state index contributed by atoms with van der Waals surface area (Å²) in [5, 5.41) is 14.8. The van der Waals surface area contributed by atoms with Gasteiger partial charge in [-0.15, -0.1) is 0 Å². The molecule has 0 heterocycles. The normalized spacial score (nSPS) is 10.9. The van der Waals surface area contributed by atoms with Crippen molar-refractivity contribution in [3.05, 3.63) is 29.8 Å². The topological polar surface area (TPSA) is 78.4 Å². The van der Waals surface area contributed by atoms with E-state index in [1.165, 1.54) is 0 Å². The van der Waals surface area contributed by atoms with Crippen LogP contribution in [0.25, 0.3) is 0 Å². The number of amides is 2. The monoisotopic (exact) mass is 278 g/mol. The number of benzene rings is 1. The number of carbonyl (C=O) groups excluding carboxylic acids is 2. The van der Waals surface area contributed by atoms with Crippen LogP contribution in [0.4, 0.5) is 0 Å². The Hall–Kier alpha value is -2.04. The lowest BCUT2D eigenvalue weighted by Crippen LogP contribution is -2.42. The Morgan fingerprint density at radius 2 is 1.90 bits per heavy atom. The first-order valence-electron chi connectivity index (χ1n) is 6.62. The van der Waals surface area contributed by atoms with Gasteiger partial charge >= 0.3 is 0 Å². The number of carbonyl (C=O) groups is 2. The molecule has 0 saturated heterocycles. The Balaban J connectivity index is 2.29. The molecular weight excluding hydrogens is 256 g/mol. The maximum Gasteiger partial charge on any atom is 0.224 e. The van der Waals surface area contributed by atoms with Crippen LogP contribution in [0.5, 0.6) is 5.75 Å². The highest BCUT2D eigenvalue weighted by Crippen LogP contribution is 2.11. The third-order valence-corrected chi connectivity index (χ3v) is 2.46. The molecule has 0 bridgehead atoms. The second kappa shape index (κ2) is 6.93. The van der Waals surface area contributed by atoms with Crippen LogP contribution < -0.4 is 10.6 Å². The molecule has 3 N–H and O–H groups in total. The van der Waals surface area contributed by atoms with Gasteiger partial charge in [-0.1, -0.05) is 12.1 Å². The van der Waals surface area contributed by atoms with Gasteiger partial charge in [-0.3, -0.25) is 9.59 Å². The average molecular weight is 278 g/mol. The molecule has 0 atom stereocenters. The summed E-state index contributed by atoms with van der Waals surface area (Å²) in [7, 11) is 0. The molecule has 20 heavy (non-hydrogen) atoms. The van der Waals surface area contributed by atoms with Crippen molar-refractivity contribution in [1.82, 2.24) is 10.6 Å². The maximum atomic E-state index is 11.7. The van der Waals surface area contributed by atoms with Crippen molar-refractivity contribution in [2.24, 2.45) is 0 Å². The van der Waals surface area contributed by atoms with Crippen LogP contribution in [0.15, 0.2) is 24.3 Å². The molecule has 1 rings (SSSR count). The summed E-state index contributed by atoms with van der Waals surface area (Å²) >= 11 is 0. The second-order valence-electron chi connectivity index (χ2n) is 5.74. The van der Waals surface area contributed by atoms with E-state index in [1.54, 1.807) is 24.3 Å². The maximum absolute atomic E-state index is 11.7. The van der Waals surface area contributed by atoms with Gasteiger partial charge < -0.3 is 15.7 Å².